The zero-order valence-corrected chi connectivity index (χ0v) is 22.1. The number of carbonyl (C=O) groups excluding carboxylic acids is 2. The number of allylic oxidation sites excluding steroid dienone is 1. The van der Waals surface area contributed by atoms with Crippen LogP contribution in [0, 0.1) is 5.41 Å². The van der Waals surface area contributed by atoms with E-state index in [1.807, 2.05) is 37.4 Å². The van der Waals surface area contributed by atoms with Crippen molar-refractivity contribution in [3.05, 3.63) is 89.6 Å². The van der Waals surface area contributed by atoms with Gasteiger partial charge in [0.25, 0.3) is 5.91 Å². The van der Waals surface area contributed by atoms with Gasteiger partial charge in [0.05, 0.1) is 42.0 Å². The van der Waals surface area contributed by atoms with E-state index in [0.717, 1.165) is 11.6 Å². The van der Waals surface area contributed by atoms with Gasteiger partial charge in [-0.3, -0.25) is 19.6 Å². The van der Waals surface area contributed by atoms with Crippen LogP contribution in [0.1, 0.15) is 34.2 Å². The summed E-state index contributed by atoms with van der Waals surface area (Å²) in [4.78, 5) is 33.0. The van der Waals surface area contributed by atoms with E-state index < -0.39 is 11.7 Å². The van der Waals surface area contributed by atoms with Crippen LogP contribution in [-0.2, 0) is 22.3 Å². The Balaban J connectivity index is 0.000000321. The maximum absolute atomic E-state index is 13.7. The molecule has 41 heavy (non-hydrogen) atoms. The van der Waals surface area contributed by atoms with E-state index in [0.29, 0.717) is 44.0 Å². The van der Waals surface area contributed by atoms with E-state index in [1.165, 1.54) is 24.4 Å². The number of hydrogen-bond donors (Lipinski definition) is 1. The zero-order chi connectivity index (χ0) is 29.0. The lowest BCUT2D eigenvalue weighted by molar-refractivity contribution is -0.176. The van der Waals surface area contributed by atoms with Crippen LogP contribution in [0.2, 0.25) is 0 Å². The number of furan rings is 1. The fourth-order valence-corrected chi connectivity index (χ4v) is 4.82. The van der Waals surface area contributed by atoms with Crippen molar-refractivity contribution in [3.63, 3.8) is 0 Å². The van der Waals surface area contributed by atoms with E-state index in [1.54, 1.807) is 17.2 Å². The smallest absolute Gasteiger partial charge is 0.420 e. The number of benzene rings is 1. The van der Waals surface area contributed by atoms with Gasteiger partial charge in [-0.1, -0.05) is 18.2 Å². The Morgan fingerprint density at radius 1 is 1.15 bits per heavy atom. The van der Waals surface area contributed by atoms with Gasteiger partial charge in [-0.05, 0) is 48.9 Å². The maximum Gasteiger partial charge on any atom is 0.420 e. The molecule has 0 aliphatic carbocycles. The Morgan fingerprint density at radius 3 is 2.54 bits per heavy atom. The highest BCUT2D eigenvalue weighted by Gasteiger charge is 2.50. The summed E-state index contributed by atoms with van der Waals surface area (Å²) in [6, 6.07) is 11.0. The van der Waals surface area contributed by atoms with Gasteiger partial charge in [0.15, 0.2) is 0 Å². The van der Waals surface area contributed by atoms with Crippen LogP contribution in [0.5, 0.6) is 0 Å². The molecule has 2 aliphatic rings. The van der Waals surface area contributed by atoms with Crippen molar-refractivity contribution >= 4 is 29.4 Å². The molecule has 0 unspecified atom stereocenters. The van der Waals surface area contributed by atoms with Crippen molar-refractivity contribution in [1.82, 2.24) is 20.2 Å². The molecule has 1 N–H and O–H groups in total. The highest BCUT2D eigenvalue weighted by Crippen LogP contribution is 2.40. The molecule has 8 nitrogen and oxygen atoms in total. The number of alkyl halides is 3. The molecule has 1 aromatic carbocycles. The van der Waals surface area contributed by atoms with Gasteiger partial charge in [-0.2, -0.15) is 13.2 Å². The molecular weight excluding hydrogens is 537 g/mol. The van der Waals surface area contributed by atoms with E-state index >= 15 is 0 Å². The van der Waals surface area contributed by atoms with Crippen LogP contribution >= 0.6 is 0 Å². The minimum Gasteiger partial charge on any atom is -0.459 e. The monoisotopic (exact) mass is 564 g/mol. The second-order valence-corrected chi connectivity index (χ2v) is 10.0. The number of hydrogen-bond acceptors (Lipinski definition) is 6. The summed E-state index contributed by atoms with van der Waals surface area (Å²) in [7, 11) is 0. The first kappa shape index (κ1) is 28.0. The van der Waals surface area contributed by atoms with Crippen LogP contribution in [0.15, 0.2) is 71.5 Å². The van der Waals surface area contributed by atoms with Crippen molar-refractivity contribution in [3.8, 4) is 11.3 Å². The van der Waals surface area contributed by atoms with Crippen LogP contribution in [-0.4, -0.2) is 53.5 Å². The van der Waals surface area contributed by atoms with Crippen molar-refractivity contribution in [2.45, 2.75) is 19.6 Å². The molecule has 5 heterocycles. The first-order chi connectivity index (χ1) is 19.7. The third-order valence-corrected chi connectivity index (χ3v) is 6.84. The molecule has 0 saturated carbocycles. The Hall–Kier alpha value is -4.51. The van der Waals surface area contributed by atoms with Crippen LogP contribution in [0.3, 0.4) is 0 Å². The standard InChI is InChI=1S/C22H18F3N3O4.C8H9N/c23-22(24,25)17-5-14(3-15-4-16(7-26-12-29)32-19(15)17)18-2-1-13(6-27-18)20(30)28-8-21(9-28)10-31-11-21;1-2-4-8-5-3-6-9-7-8/h1-6,12H,7-11H2,(H,26,29);2-7H,1H3/b;4-2+. The highest BCUT2D eigenvalue weighted by molar-refractivity contribution is 5.95. The molecule has 3 aromatic heterocycles. The SMILES string of the molecule is C/C=C/c1cccnc1.O=CNCc1cc2cc(-c3ccc(C(=O)N4CC5(COC5)C4)cn3)cc(C(F)(F)F)c2o1. The topological polar surface area (TPSA) is 97.6 Å². The Morgan fingerprint density at radius 2 is 1.95 bits per heavy atom. The molecule has 2 fully saturated rings. The summed E-state index contributed by atoms with van der Waals surface area (Å²) in [5.41, 5.74) is 0.938. The van der Waals surface area contributed by atoms with Crippen molar-refractivity contribution in [2.75, 3.05) is 26.3 Å². The molecule has 2 amide bonds. The first-order valence-electron chi connectivity index (χ1n) is 12.9. The van der Waals surface area contributed by atoms with Crippen LogP contribution in [0.4, 0.5) is 13.2 Å². The molecule has 6 rings (SSSR count). The molecular formula is C30H27F3N4O4. The molecule has 11 heteroatoms. The van der Waals surface area contributed by atoms with Gasteiger partial charge in [-0.25, -0.2) is 0 Å². The molecule has 212 valence electrons. The third-order valence-electron chi connectivity index (χ3n) is 6.84. The summed E-state index contributed by atoms with van der Waals surface area (Å²) in [5, 5.41) is 2.61. The number of likely N-dealkylation sites (tertiary alicyclic amines) is 1. The number of rotatable bonds is 6. The van der Waals surface area contributed by atoms with Gasteiger partial charge in [0.2, 0.25) is 6.41 Å². The molecule has 0 atom stereocenters. The zero-order valence-electron chi connectivity index (χ0n) is 22.1. The molecule has 2 aliphatic heterocycles. The lowest BCUT2D eigenvalue weighted by Gasteiger charge is -2.54. The maximum atomic E-state index is 13.7. The van der Waals surface area contributed by atoms with Gasteiger partial charge in [0, 0.05) is 42.6 Å². The first-order valence-corrected chi connectivity index (χ1v) is 12.9. The predicted molar refractivity (Wildman–Crippen MR) is 145 cm³/mol. The van der Waals surface area contributed by atoms with Crippen LogP contribution < -0.4 is 5.32 Å². The summed E-state index contributed by atoms with van der Waals surface area (Å²) < 4.78 is 51.5. The quantitative estimate of drug-likeness (QED) is 0.317. The van der Waals surface area contributed by atoms with Crippen molar-refractivity contribution in [2.24, 2.45) is 5.41 Å². The van der Waals surface area contributed by atoms with Gasteiger partial charge >= 0.3 is 6.18 Å². The molecule has 0 radical (unpaired) electrons. The third kappa shape index (κ3) is 6.14. The number of fused-ring (bicyclic) bond motifs is 1. The largest absolute Gasteiger partial charge is 0.459 e. The van der Waals surface area contributed by atoms with Gasteiger partial charge < -0.3 is 19.4 Å². The second-order valence-electron chi connectivity index (χ2n) is 10.0. The second kappa shape index (κ2) is 11.5. The van der Waals surface area contributed by atoms with Gasteiger partial charge in [0.1, 0.15) is 11.3 Å². The molecule has 2 saturated heterocycles. The normalized spacial score (nSPS) is 15.7. The van der Waals surface area contributed by atoms with Gasteiger partial charge in [-0.15, -0.1) is 0 Å². The fourth-order valence-electron chi connectivity index (χ4n) is 4.82. The number of amides is 2. The average Bonchev–Trinajstić information content (AvgIpc) is 3.33. The minimum absolute atomic E-state index is 0.0240. The Bertz CT molecular complexity index is 1550. The van der Waals surface area contributed by atoms with Crippen molar-refractivity contribution in [1.29, 1.82) is 0 Å². The molecule has 4 aromatic rings. The number of aromatic nitrogens is 2. The molecule has 1 spiro atoms. The Kier molecular flexibility index (Phi) is 7.89. The van der Waals surface area contributed by atoms with E-state index in [4.69, 9.17) is 9.15 Å². The number of carbonyl (C=O) groups is 2. The lowest BCUT2D eigenvalue weighted by atomic mass is 9.78. The summed E-state index contributed by atoms with van der Waals surface area (Å²) in [5.74, 6) is 0.0444. The number of nitrogens with zero attached hydrogens (tertiary/aromatic N) is 3. The lowest BCUT2D eigenvalue weighted by Crippen LogP contribution is -2.67. The van der Waals surface area contributed by atoms with E-state index in [9.17, 15) is 22.8 Å². The minimum atomic E-state index is -4.64. The number of halogens is 3. The number of nitrogens with one attached hydrogen (secondary N) is 1. The molecule has 0 bridgehead atoms. The number of pyridine rings is 2. The predicted octanol–water partition coefficient (Wildman–Crippen LogP) is 5.35. The number of ether oxygens (including phenoxy) is 1. The van der Waals surface area contributed by atoms with E-state index in [-0.39, 0.29) is 40.2 Å². The van der Waals surface area contributed by atoms with E-state index in [2.05, 4.69) is 15.3 Å². The van der Waals surface area contributed by atoms with Crippen molar-refractivity contribution < 1.29 is 31.9 Å². The fraction of sp³-hybridized carbons (Fsp3) is 0.267. The summed E-state index contributed by atoms with van der Waals surface area (Å²) in [6.45, 7) is 4.58. The summed E-state index contributed by atoms with van der Waals surface area (Å²) in [6.07, 6.45) is 4.80. The summed E-state index contributed by atoms with van der Waals surface area (Å²) >= 11 is 0. The van der Waals surface area contributed by atoms with Crippen LogP contribution in [0.25, 0.3) is 28.3 Å². The highest BCUT2D eigenvalue weighted by atomic mass is 19.4. The average molecular weight is 565 g/mol. The Labute approximate surface area is 233 Å².